The Morgan fingerprint density at radius 2 is 1.82 bits per heavy atom. The van der Waals surface area contributed by atoms with Crippen LogP contribution in [-0.4, -0.2) is 22.4 Å². The zero-order valence-electron chi connectivity index (χ0n) is 8.78. The highest BCUT2D eigenvalue weighted by Gasteiger charge is 2.38. The molecule has 1 N–H and O–H groups in total. The largest absolute Gasteiger partial charge is 0.414 e. The van der Waals surface area contributed by atoms with Crippen molar-refractivity contribution < 1.29 is 18.3 Å². The van der Waals surface area contributed by atoms with E-state index in [1.807, 2.05) is 12.1 Å². The van der Waals surface area contributed by atoms with Gasteiger partial charge in [-0.3, -0.25) is 4.98 Å². The van der Waals surface area contributed by atoms with Crippen molar-refractivity contribution in [2.45, 2.75) is 18.7 Å². The minimum atomic E-state index is -4.60. The lowest BCUT2D eigenvalue weighted by Gasteiger charge is -2.13. The molecule has 1 heterocycles. The van der Waals surface area contributed by atoms with Gasteiger partial charge in [0.15, 0.2) is 6.10 Å². The number of aromatic nitrogens is 1. The molecule has 0 unspecified atom stereocenters. The number of hydrogen-bond acceptors (Lipinski definition) is 2. The fourth-order valence-electron chi connectivity index (χ4n) is 1.54. The smallest absolute Gasteiger partial charge is 0.383 e. The van der Waals surface area contributed by atoms with Crippen molar-refractivity contribution in [3.8, 4) is 0 Å². The van der Waals surface area contributed by atoms with E-state index in [-0.39, 0.29) is 5.69 Å². The summed E-state index contributed by atoms with van der Waals surface area (Å²) in [5.41, 5.74) is 0.855. The van der Waals surface area contributed by atoms with Crippen molar-refractivity contribution in [1.82, 2.24) is 4.98 Å². The molecule has 90 valence electrons. The molecule has 0 radical (unpaired) electrons. The predicted octanol–water partition coefficient (Wildman–Crippen LogP) is 2.70. The van der Waals surface area contributed by atoms with Crippen LogP contribution in [-0.2, 0) is 6.42 Å². The number of aliphatic hydroxyl groups is 1. The van der Waals surface area contributed by atoms with E-state index in [0.717, 1.165) is 5.39 Å². The Morgan fingerprint density at radius 3 is 2.53 bits per heavy atom. The van der Waals surface area contributed by atoms with E-state index in [9.17, 15) is 13.2 Å². The highest BCUT2D eigenvalue weighted by atomic mass is 19.4. The summed E-state index contributed by atoms with van der Waals surface area (Å²) in [6.45, 7) is 0. The minimum absolute atomic E-state index is 0.230. The molecule has 0 saturated carbocycles. The van der Waals surface area contributed by atoms with Crippen molar-refractivity contribution in [1.29, 1.82) is 0 Å². The molecule has 0 aliphatic heterocycles. The van der Waals surface area contributed by atoms with Gasteiger partial charge in [-0.15, -0.1) is 0 Å². The monoisotopic (exact) mass is 241 g/mol. The van der Waals surface area contributed by atoms with Gasteiger partial charge in [-0.25, -0.2) is 0 Å². The van der Waals surface area contributed by atoms with Crippen molar-refractivity contribution >= 4 is 10.9 Å². The van der Waals surface area contributed by atoms with Crippen LogP contribution >= 0.6 is 0 Å². The molecule has 2 rings (SSSR count). The second kappa shape index (κ2) is 4.33. The molecule has 5 heteroatoms. The quantitative estimate of drug-likeness (QED) is 0.876. The highest BCUT2D eigenvalue weighted by molar-refractivity contribution is 5.78. The summed E-state index contributed by atoms with van der Waals surface area (Å²) in [7, 11) is 0. The van der Waals surface area contributed by atoms with Crippen LogP contribution < -0.4 is 0 Å². The first-order valence-electron chi connectivity index (χ1n) is 5.06. The number of alkyl halides is 3. The van der Waals surface area contributed by atoms with Crippen LogP contribution in [0.25, 0.3) is 10.9 Å². The lowest BCUT2D eigenvalue weighted by atomic mass is 10.1. The Labute approximate surface area is 95.7 Å². The SMILES string of the molecule is O[C@H](Cc1ccc2ccccc2n1)C(F)(F)F. The summed E-state index contributed by atoms with van der Waals surface area (Å²) in [4.78, 5) is 4.07. The maximum absolute atomic E-state index is 12.2. The van der Waals surface area contributed by atoms with Gasteiger partial charge in [-0.1, -0.05) is 24.3 Å². The maximum atomic E-state index is 12.2. The molecule has 0 aliphatic carbocycles. The first-order valence-corrected chi connectivity index (χ1v) is 5.06. The fourth-order valence-corrected chi connectivity index (χ4v) is 1.54. The van der Waals surface area contributed by atoms with E-state index in [1.165, 1.54) is 6.07 Å². The zero-order valence-corrected chi connectivity index (χ0v) is 8.78. The number of halogens is 3. The van der Waals surface area contributed by atoms with E-state index in [1.54, 1.807) is 18.2 Å². The Bertz CT molecular complexity index is 524. The lowest BCUT2D eigenvalue weighted by molar-refractivity contribution is -0.203. The molecule has 0 spiro atoms. The highest BCUT2D eigenvalue weighted by Crippen LogP contribution is 2.23. The van der Waals surface area contributed by atoms with Crippen LogP contribution in [0.1, 0.15) is 5.69 Å². The molecule has 0 aliphatic rings. The number of nitrogens with zero attached hydrogens (tertiary/aromatic N) is 1. The van der Waals surface area contributed by atoms with E-state index in [0.29, 0.717) is 5.52 Å². The molecule has 2 nitrogen and oxygen atoms in total. The Morgan fingerprint density at radius 1 is 1.12 bits per heavy atom. The van der Waals surface area contributed by atoms with Crippen LogP contribution in [0.3, 0.4) is 0 Å². The molecule has 17 heavy (non-hydrogen) atoms. The molecule has 1 atom stereocenters. The van der Waals surface area contributed by atoms with Gasteiger partial charge >= 0.3 is 6.18 Å². The molecule has 0 amide bonds. The number of aliphatic hydroxyl groups excluding tert-OH is 1. The molecule has 0 bridgehead atoms. The molecular formula is C12H10F3NO. The number of pyridine rings is 1. The standard InChI is InChI=1S/C12H10F3NO/c13-12(14,15)11(17)7-9-6-5-8-3-1-2-4-10(8)16-9/h1-6,11,17H,7H2/t11-/m1/s1. The molecule has 1 aromatic carbocycles. The first kappa shape index (κ1) is 11.9. The molecular weight excluding hydrogens is 231 g/mol. The topological polar surface area (TPSA) is 33.1 Å². The summed E-state index contributed by atoms with van der Waals surface area (Å²) in [5.74, 6) is 0. The molecule has 0 saturated heterocycles. The lowest BCUT2D eigenvalue weighted by Crippen LogP contribution is -2.30. The van der Waals surface area contributed by atoms with Gasteiger partial charge in [0.05, 0.1) is 5.52 Å². The van der Waals surface area contributed by atoms with Gasteiger partial charge in [0.2, 0.25) is 0 Å². The van der Waals surface area contributed by atoms with Crippen molar-refractivity contribution in [2.75, 3.05) is 0 Å². The van der Waals surface area contributed by atoms with Gasteiger partial charge in [0, 0.05) is 17.5 Å². The summed E-state index contributed by atoms with van der Waals surface area (Å²) in [6.07, 6.45) is -7.49. The second-order valence-electron chi connectivity index (χ2n) is 3.76. The predicted molar refractivity (Wildman–Crippen MR) is 57.5 cm³/mol. The number of para-hydroxylation sites is 1. The average Bonchev–Trinajstić information content (AvgIpc) is 2.27. The average molecular weight is 241 g/mol. The molecule has 0 fully saturated rings. The maximum Gasteiger partial charge on any atom is 0.414 e. The van der Waals surface area contributed by atoms with Crippen LogP contribution in [0.5, 0.6) is 0 Å². The normalized spacial score (nSPS) is 13.9. The third kappa shape index (κ3) is 2.74. The zero-order chi connectivity index (χ0) is 12.5. The number of benzene rings is 1. The number of hydrogen-bond donors (Lipinski definition) is 1. The first-order chi connectivity index (χ1) is 7.97. The number of fused-ring (bicyclic) bond motifs is 1. The van der Waals surface area contributed by atoms with Crippen LogP contribution in [0, 0.1) is 0 Å². The summed E-state index contributed by atoms with van der Waals surface area (Å²) >= 11 is 0. The van der Waals surface area contributed by atoms with E-state index in [2.05, 4.69) is 4.98 Å². The van der Waals surface area contributed by atoms with Gasteiger partial charge in [-0.2, -0.15) is 13.2 Å². The van der Waals surface area contributed by atoms with Gasteiger partial charge < -0.3 is 5.11 Å². The minimum Gasteiger partial charge on any atom is -0.383 e. The van der Waals surface area contributed by atoms with E-state index in [4.69, 9.17) is 5.11 Å². The van der Waals surface area contributed by atoms with Gasteiger partial charge in [0.1, 0.15) is 0 Å². The van der Waals surface area contributed by atoms with Crippen LogP contribution in [0.2, 0.25) is 0 Å². The summed E-state index contributed by atoms with van der Waals surface area (Å²) < 4.78 is 36.5. The van der Waals surface area contributed by atoms with Crippen molar-refractivity contribution in [3.63, 3.8) is 0 Å². The van der Waals surface area contributed by atoms with Crippen LogP contribution in [0.15, 0.2) is 36.4 Å². The Hall–Kier alpha value is -1.62. The van der Waals surface area contributed by atoms with E-state index < -0.39 is 18.7 Å². The third-order valence-electron chi connectivity index (χ3n) is 2.44. The fraction of sp³-hybridized carbons (Fsp3) is 0.250. The van der Waals surface area contributed by atoms with Crippen LogP contribution in [0.4, 0.5) is 13.2 Å². The van der Waals surface area contributed by atoms with Crippen molar-refractivity contribution in [3.05, 3.63) is 42.1 Å². The molecule has 1 aromatic heterocycles. The molecule has 2 aromatic rings. The van der Waals surface area contributed by atoms with Gasteiger partial charge in [0.25, 0.3) is 0 Å². The summed E-state index contributed by atoms with van der Waals surface area (Å²) in [5, 5.41) is 9.81. The third-order valence-corrected chi connectivity index (χ3v) is 2.44. The van der Waals surface area contributed by atoms with Crippen molar-refractivity contribution in [2.24, 2.45) is 0 Å². The number of rotatable bonds is 2. The van der Waals surface area contributed by atoms with Gasteiger partial charge in [-0.05, 0) is 12.1 Å². The van der Waals surface area contributed by atoms with E-state index >= 15 is 0 Å². The Kier molecular flexibility index (Phi) is 3.02. The summed E-state index contributed by atoms with van der Waals surface area (Å²) in [6, 6.07) is 10.3. The Balaban J connectivity index is 2.25. The second-order valence-corrected chi connectivity index (χ2v) is 3.76.